The molecule has 1 aromatic rings. The molecule has 1 saturated heterocycles. The average molecular weight is 304 g/mol. The van der Waals surface area contributed by atoms with Crippen LogP contribution >= 0.6 is 11.6 Å². The van der Waals surface area contributed by atoms with Gasteiger partial charge in [0.1, 0.15) is 0 Å². The zero-order valence-electron chi connectivity index (χ0n) is 10.6. The van der Waals surface area contributed by atoms with Crippen LogP contribution < -0.4 is 4.90 Å². The molecule has 1 aliphatic rings. The van der Waals surface area contributed by atoms with Crippen molar-refractivity contribution in [1.82, 2.24) is 4.90 Å². The lowest BCUT2D eigenvalue weighted by molar-refractivity contribution is -0.146. The molecule has 0 bridgehead atoms. The number of alkyl halides is 3. The molecule has 1 aromatic carbocycles. The second-order valence-electron chi connectivity index (χ2n) is 4.66. The molecule has 20 heavy (non-hydrogen) atoms. The van der Waals surface area contributed by atoms with Crippen LogP contribution in [0.1, 0.15) is 5.56 Å². The third-order valence-corrected chi connectivity index (χ3v) is 3.50. The van der Waals surface area contributed by atoms with E-state index in [1.54, 1.807) is 18.2 Å². The molecule has 3 nitrogen and oxygen atoms in total. The molecular weight excluding hydrogens is 291 g/mol. The highest BCUT2D eigenvalue weighted by atomic mass is 35.5. The van der Waals surface area contributed by atoms with E-state index < -0.39 is 12.7 Å². The van der Waals surface area contributed by atoms with Gasteiger partial charge in [-0.1, -0.05) is 11.6 Å². The molecule has 1 aliphatic heterocycles. The van der Waals surface area contributed by atoms with Gasteiger partial charge in [0.2, 0.25) is 0 Å². The number of piperazine rings is 1. The first-order chi connectivity index (χ1) is 9.39. The monoisotopic (exact) mass is 303 g/mol. The van der Waals surface area contributed by atoms with Crippen molar-refractivity contribution in [2.24, 2.45) is 0 Å². The van der Waals surface area contributed by atoms with Crippen LogP contribution in [0.15, 0.2) is 18.2 Å². The Bertz CT molecular complexity index is 517. The molecule has 0 saturated carbocycles. The van der Waals surface area contributed by atoms with Gasteiger partial charge in [-0.05, 0) is 18.2 Å². The minimum absolute atomic E-state index is 0.343. The zero-order valence-corrected chi connectivity index (χ0v) is 11.4. The minimum atomic E-state index is -4.16. The topological polar surface area (TPSA) is 30.3 Å². The molecule has 0 amide bonds. The smallest absolute Gasteiger partial charge is 0.368 e. The number of anilines is 1. The molecule has 0 atom stereocenters. The fourth-order valence-corrected chi connectivity index (χ4v) is 2.53. The van der Waals surface area contributed by atoms with Crippen molar-refractivity contribution in [3.63, 3.8) is 0 Å². The van der Waals surface area contributed by atoms with Crippen molar-refractivity contribution in [2.75, 3.05) is 37.6 Å². The summed E-state index contributed by atoms with van der Waals surface area (Å²) < 4.78 is 36.9. The van der Waals surface area contributed by atoms with Crippen LogP contribution in [0.4, 0.5) is 18.9 Å². The van der Waals surface area contributed by atoms with E-state index in [2.05, 4.69) is 0 Å². The molecule has 108 valence electrons. The standard InChI is InChI=1S/C13H13ClF3N3/c14-11-7-10(8-18)1-2-12(11)20-5-3-19(4-6-20)9-13(15,16)17/h1-2,7H,3-6,9H2. The largest absolute Gasteiger partial charge is 0.401 e. The molecule has 0 N–H and O–H groups in total. The van der Waals surface area contributed by atoms with E-state index in [1.165, 1.54) is 4.90 Å². The lowest BCUT2D eigenvalue weighted by atomic mass is 10.2. The van der Waals surface area contributed by atoms with Crippen LogP contribution in [0.5, 0.6) is 0 Å². The van der Waals surface area contributed by atoms with E-state index in [0.29, 0.717) is 36.8 Å². The van der Waals surface area contributed by atoms with E-state index in [0.717, 1.165) is 5.69 Å². The minimum Gasteiger partial charge on any atom is -0.368 e. The quantitative estimate of drug-likeness (QED) is 0.841. The molecule has 7 heteroatoms. The highest BCUT2D eigenvalue weighted by Crippen LogP contribution is 2.28. The van der Waals surface area contributed by atoms with Crippen molar-refractivity contribution >= 4 is 17.3 Å². The van der Waals surface area contributed by atoms with Crippen LogP contribution in [-0.2, 0) is 0 Å². The number of nitriles is 1. The number of rotatable bonds is 2. The number of benzene rings is 1. The summed E-state index contributed by atoms with van der Waals surface area (Å²) in [7, 11) is 0. The van der Waals surface area contributed by atoms with Crippen molar-refractivity contribution in [2.45, 2.75) is 6.18 Å². The Morgan fingerprint density at radius 3 is 2.35 bits per heavy atom. The van der Waals surface area contributed by atoms with Crippen molar-refractivity contribution in [1.29, 1.82) is 5.26 Å². The van der Waals surface area contributed by atoms with Crippen LogP contribution in [-0.4, -0.2) is 43.8 Å². The molecule has 1 heterocycles. The molecule has 1 fully saturated rings. The molecule has 0 radical (unpaired) electrons. The normalized spacial score (nSPS) is 17.1. The summed E-state index contributed by atoms with van der Waals surface area (Å²) in [5, 5.41) is 9.22. The molecule has 2 rings (SSSR count). The molecule has 0 unspecified atom stereocenters. The number of hydrogen-bond acceptors (Lipinski definition) is 3. The summed E-state index contributed by atoms with van der Waals surface area (Å²) in [5.41, 5.74) is 1.23. The summed E-state index contributed by atoms with van der Waals surface area (Å²) in [6.45, 7) is 0.789. The van der Waals surface area contributed by atoms with E-state index in [4.69, 9.17) is 16.9 Å². The van der Waals surface area contributed by atoms with E-state index >= 15 is 0 Å². The Morgan fingerprint density at radius 1 is 1.20 bits per heavy atom. The second kappa shape index (κ2) is 5.90. The predicted octanol–water partition coefficient (Wildman–Crippen LogP) is 2.90. The summed E-state index contributed by atoms with van der Waals surface area (Å²) in [6.07, 6.45) is -4.16. The Kier molecular flexibility index (Phi) is 4.41. The van der Waals surface area contributed by atoms with Crippen LogP contribution in [0.3, 0.4) is 0 Å². The van der Waals surface area contributed by atoms with Gasteiger partial charge in [0.25, 0.3) is 0 Å². The van der Waals surface area contributed by atoms with Crippen LogP contribution in [0, 0.1) is 11.3 Å². The van der Waals surface area contributed by atoms with Gasteiger partial charge in [0.05, 0.1) is 28.9 Å². The van der Waals surface area contributed by atoms with Gasteiger partial charge in [-0.25, -0.2) is 0 Å². The van der Waals surface area contributed by atoms with E-state index in [9.17, 15) is 13.2 Å². The third-order valence-electron chi connectivity index (χ3n) is 3.19. The lowest BCUT2D eigenvalue weighted by Gasteiger charge is -2.36. The Morgan fingerprint density at radius 2 is 1.85 bits per heavy atom. The molecular formula is C13H13ClF3N3. The van der Waals surface area contributed by atoms with Crippen molar-refractivity contribution < 1.29 is 13.2 Å². The second-order valence-corrected chi connectivity index (χ2v) is 5.06. The Labute approximate surface area is 120 Å². The maximum absolute atomic E-state index is 12.3. The number of hydrogen-bond donors (Lipinski definition) is 0. The van der Waals surface area contributed by atoms with Gasteiger partial charge in [-0.3, -0.25) is 4.90 Å². The van der Waals surface area contributed by atoms with Gasteiger partial charge in [-0.2, -0.15) is 18.4 Å². The molecule has 0 spiro atoms. The van der Waals surface area contributed by atoms with Crippen LogP contribution in [0.25, 0.3) is 0 Å². The predicted molar refractivity (Wildman–Crippen MR) is 70.9 cm³/mol. The van der Waals surface area contributed by atoms with Gasteiger partial charge >= 0.3 is 6.18 Å². The maximum atomic E-state index is 12.3. The lowest BCUT2D eigenvalue weighted by Crippen LogP contribution is -2.49. The maximum Gasteiger partial charge on any atom is 0.401 e. The first-order valence-corrected chi connectivity index (χ1v) is 6.50. The number of halogens is 4. The summed E-state index contributed by atoms with van der Waals surface area (Å²) >= 11 is 6.10. The summed E-state index contributed by atoms with van der Waals surface area (Å²) in [4.78, 5) is 3.32. The highest BCUT2D eigenvalue weighted by molar-refractivity contribution is 6.33. The van der Waals surface area contributed by atoms with Gasteiger partial charge in [0.15, 0.2) is 0 Å². The third kappa shape index (κ3) is 3.78. The Hall–Kier alpha value is -1.45. The first kappa shape index (κ1) is 14.9. The summed E-state index contributed by atoms with van der Waals surface area (Å²) in [6, 6.07) is 6.96. The van der Waals surface area contributed by atoms with E-state index in [1.807, 2.05) is 11.0 Å². The van der Waals surface area contributed by atoms with Gasteiger partial charge in [0, 0.05) is 26.2 Å². The van der Waals surface area contributed by atoms with Crippen LogP contribution in [0.2, 0.25) is 5.02 Å². The fourth-order valence-electron chi connectivity index (χ4n) is 2.23. The first-order valence-electron chi connectivity index (χ1n) is 6.13. The Balaban J connectivity index is 1.99. The molecule has 0 aliphatic carbocycles. The van der Waals surface area contributed by atoms with Crippen molar-refractivity contribution in [3.8, 4) is 6.07 Å². The van der Waals surface area contributed by atoms with E-state index in [-0.39, 0.29) is 0 Å². The van der Waals surface area contributed by atoms with Gasteiger partial charge < -0.3 is 4.90 Å². The number of nitrogens with zero attached hydrogens (tertiary/aromatic N) is 3. The SMILES string of the molecule is N#Cc1ccc(N2CCN(CC(F)(F)F)CC2)c(Cl)c1. The summed E-state index contributed by atoms with van der Waals surface area (Å²) in [5.74, 6) is 0. The van der Waals surface area contributed by atoms with Crippen molar-refractivity contribution in [3.05, 3.63) is 28.8 Å². The highest BCUT2D eigenvalue weighted by Gasteiger charge is 2.32. The zero-order chi connectivity index (χ0) is 14.8. The fraction of sp³-hybridized carbons (Fsp3) is 0.462. The molecule has 0 aromatic heterocycles. The average Bonchev–Trinajstić information content (AvgIpc) is 2.38. The van der Waals surface area contributed by atoms with Gasteiger partial charge in [-0.15, -0.1) is 0 Å².